The molecule has 1 aromatic heterocycles. The van der Waals surface area contributed by atoms with Crippen molar-refractivity contribution in [2.75, 3.05) is 13.1 Å². The van der Waals surface area contributed by atoms with E-state index in [0.717, 1.165) is 24.6 Å². The molecule has 1 aliphatic heterocycles. The predicted molar refractivity (Wildman–Crippen MR) is 69.6 cm³/mol. The maximum atomic E-state index is 5.77. The van der Waals surface area contributed by atoms with E-state index in [1.807, 2.05) is 0 Å². The van der Waals surface area contributed by atoms with Crippen molar-refractivity contribution >= 4 is 0 Å². The van der Waals surface area contributed by atoms with Crippen LogP contribution in [0.1, 0.15) is 43.8 Å². The van der Waals surface area contributed by atoms with Gasteiger partial charge in [0.25, 0.3) is 0 Å². The van der Waals surface area contributed by atoms with E-state index in [1.54, 1.807) is 0 Å². The Morgan fingerprint density at radius 1 is 1.47 bits per heavy atom. The summed E-state index contributed by atoms with van der Waals surface area (Å²) in [5.74, 6) is 1.98. The molecular weight excluding hydrogens is 212 g/mol. The highest BCUT2D eigenvalue weighted by Crippen LogP contribution is 2.29. The number of nitrogens with zero attached hydrogens (tertiary/aromatic N) is 1. The molecular formula is C14H24N2O. The Morgan fingerprint density at radius 3 is 2.82 bits per heavy atom. The third-order valence-electron chi connectivity index (χ3n) is 3.62. The van der Waals surface area contributed by atoms with Gasteiger partial charge < -0.3 is 10.2 Å². The Bertz CT molecular complexity index is 382. The van der Waals surface area contributed by atoms with Gasteiger partial charge in [-0.2, -0.15) is 0 Å². The van der Waals surface area contributed by atoms with E-state index in [9.17, 15) is 0 Å². The number of rotatable bonds is 3. The second-order valence-corrected chi connectivity index (χ2v) is 6.00. The van der Waals surface area contributed by atoms with E-state index >= 15 is 0 Å². The molecule has 0 saturated carbocycles. The topological polar surface area (TPSA) is 42.4 Å². The van der Waals surface area contributed by atoms with E-state index in [1.165, 1.54) is 24.9 Å². The van der Waals surface area contributed by atoms with Crippen molar-refractivity contribution in [3.63, 3.8) is 0 Å². The molecule has 0 atom stereocenters. The maximum absolute atomic E-state index is 5.77. The van der Waals surface area contributed by atoms with Crippen LogP contribution in [0.5, 0.6) is 0 Å². The van der Waals surface area contributed by atoms with E-state index in [0.29, 0.717) is 12.0 Å². The van der Waals surface area contributed by atoms with Gasteiger partial charge >= 0.3 is 0 Å². The summed E-state index contributed by atoms with van der Waals surface area (Å²) in [6.07, 6.45) is 2.62. The number of furan rings is 1. The smallest absolute Gasteiger partial charge is 0.120 e. The van der Waals surface area contributed by atoms with E-state index in [2.05, 4.69) is 31.7 Å². The molecule has 3 nitrogen and oxygen atoms in total. The summed E-state index contributed by atoms with van der Waals surface area (Å²) in [7, 11) is 0. The molecule has 2 rings (SSSR count). The highest BCUT2D eigenvalue weighted by molar-refractivity contribution is 5.19. The van der Waals surface area contributed by atoms with Gasteiger partial charge in [-0.25, -0.2) is 0 Å². The average Bonchev–Trinajstić information content (AvgIpc) is 2.57. The molecule has 2 heterocycles. The standard InChI is InChI=1S/C14H24N2O/c1-11-7-12(17-13(11)8-15)9-16-6-4-5-14(2,3)10-16/h7H,4-6,8-10,15H2,1-3H3. The summed E-state index contributed by atoms with van der Waals surface area (Å²) in [4.78, 5) is 2.49. The quantitative estimate of drug-likeness (QED) is 0.877. The van der Waals surface area contributed by atoms with Crippen LogP contribution in [-0.2, 0) is 13.1 Å². The lowest BCUT2D eigenvalue weighted by Gasteiger charge is -2.37. The summed E-state index contributed by atoms with van der Waals surface area (Å²) in [5.41, 5.74) is 7.25. The van der Waals surface area contributed by atoms with Gasteiger partial charge in [-0.3, -0.25) is 4.90 Å². The summed E-state index contributed by atoms with van der Waals surface area (Å²) in [6.45, 7) is 10.5. The largest absolute Gasteiger partial charge is 0.463 e. The first-order chi connectivity index (χ1) is 8.00. The summed E-state index contributed by atoms with van der Waals surface area (Å²) < 4.78 is 5.77. The molecule has 1 aromatic rings. The Kier molecular flexibility index (Phi) is 3.59. The van der Waals surface area contributed by atoms with Crippen molar-refractivity contribution in [3.05, 3.63) is 23.2 Å². The fraction of sp³-hybridized carbons (Fsp3) is 0.714. The molecule has 1 fully saturated rings. The lowest BCUT2D eigenvalue weighted by Crippen LogP contribution is -2.39. The van der Waals surface area contributed by atoms with Gasteiger partial charge in [0.15, 0.2) is 0 Å². The number of nitrogens with two attached hydrogens (primary N) is 1. The Labute approximate surface area is 104 Å². The second-order valence-electron chi connectivity index (χ2n) is 6.00. The van der Waals surface area contributed by atoms with Crippen molar-refractivity contribution in [1.82, 2.24) is 4.90 Å². The zero-order valence-electron chi connectivity index (χ0n) is 11.3. The highest BCUT2D eigenvalue weighted by Gasteiger charge is 2.26. The van der Waals surface area contributed by atoms with Crippen molar-refractivity contribution in [3.8, 4) is 0 Å². The molecule has 0 aliphatic carbocycles. The van der Waals surface area contributed by atoms with Crippen LogP contribution in [0.2, 0.25) is 0 Å². The van der Waals surface area contributed by atoms with E-state index in [4.69, 9.17) is 10.2 Å². The molecule has 3 heteroatoms. The van der Waals surface area contributed by atoms with Crippen LogP contribution in [0.15, 0.2) is 10.5 Å². The summed E-state index contributed by atoms with van der Waals surface area (Å²) in [5, 5.41) is 0. The van der Waals surface area contributed by atoms with Crippen molar-refractivity contribution in [1.29, 1.82) is 0 Å². The van der Waals surface area contributed by atoms with Gasteiger partial charge in [0.05, 0.1) is 13.1 Å². The fourth-order valence-corrected chi connectivity index (χ4v) is 2.77. The minimum atomic E-state index is 0.441. The highest BCUT2D eigenvalue weighted by atomic mass is 16.3. The molecule has 1 saturated heterocycles. The van der Waals surface area contributed by atoms with E-state index in [-0.39, 0.29) is 0 Å². The van der Waals surface area contributed by atoms with Crippen LogP contribution in [-0.4, -0.2) is 18.0 Å². The Morgan fingerprint density at radius 2 is 2.24 bits per heavy atom. The Balaban J connectivity index is 2.00. The normalized spacial score (nSPS) is 20.7. The van der Waals surface area contributed by atoms with Gasteiger partial charge in [-0.05, 0) is 43.4 Å². The van der Waals surface area contributed by atoms with Crippen LogP contribution in [0.3, 0.4) is 0 Å². The van der Waals surface area contributed by atoms with Crippen LogP contribution >= 0.6 is 0 Å². The first-order valence-electron chi connectivity index (χ1n) is 6.51. The third kappa shape index (κ3) is 3.11. The number of piperidine rings is 1. The molecule has 1 aliphatic rings. The summed E-state index contributed by atoms with van der Waals surface area (Å²) >= 11 is 0. The number of hydrogen-bond acceptors (Lipinski definition) is 3. The lowest BCUT2D eigenvalue weighted by atomic mass is 9.84. The second kappa shape index (κ2) is 4.83. The maximum Gasteiger partial charge on any atom is 0.120 e. The van der Waals surface area contributed by atoms with E-state index < -0.39 is 0 Å². The minimum Gasteiger partial charge on any atom is -0.463 e. The molecule has 0 unspecified atom stereocenters. The SMILES string of the molecule is Cc1cc(CN2CCCC(C)(C)C2)oc1CN. The number of hydrogen-bond donors (Lipinski definition) is 1. The van der Waals surface area contributed by atoms with Gasteiger partial charge in [0.1, 0.15) is 11.5 Å². The molecule has 17 heavy (non-hydrogen) atoms. The number of aryl methyl sites for hydroxylation is 1. The molecule has 0 radical (unpaired) electrons. The van der Waals surface area contributed by atoms with Gasteiger partial charge in [0, 0.05) is 6.54 Å². The van der Waals surface area contributed by atoms with Crippen LogP contribution in [0.4, 0.5) is 0 Å². The summed E-state index contributed by atoms with van der Waals surface area (Å²) in [6, 6.07) is 2.13. The van der Waals surface area contributed by atoms with Gasteiger partial charge in [-0.1, -0.05) is 13.8 Å². The Hall–Kier alpha value is -0.800. The van der Waals surface area contributed by atoms with Crippen molar-refractivity contribution < 1.29 is 4.42 Å². The molecule has 96 valence electrons. The molecule has 2 N–H and O–H groups in total. The van der Waals surface area contributed by atoms with Crippen LogP contribution < -0.4 is 5.73 Å². The first kappa shape index (κ1) is 12.7. The molecule has 0 bridgehead atoms. The zero-order chi connectivity index (χ0) is 12.5. The molecule has 0 spiro atoms. The molecule has 0 amide bonds. The van der Waals surface area contributed by atoms with Crippen molar-refractivity contribution in [2.45, 2.75) is 46.7 Å². The van der Waals surface area contributed by atoms with Crippen LogP contribution in [0.25, 0.3) is 0 Å². The fourth-order valence-electron chi connectivity index (χ4n) is 2.77. The third-order valence-corrected chi connectivity index (χ3v) is 3.62. The average molecular weight is 236 g/mol. The first-order valence-corrected chi connectivity index (χ1v) is 6.51. The zero-order valence-corrected chi connectivity index (χ0v) is 11.3. The lowest BCUT2D eigenvalue weighted by molar-refractivity contribution is 0.104. The minimum absolute atomic E-state index is 0.441. The number of likely N-dealkylation sites (tertiary alicyclic amines) is 1. The monoisotopic (exact) mass is 236 g/mol. The van der Waals surface area contributed by atoms with Crippen LogP contribution in [0, 0.1) is 12.3 Å². The predicted octanol–water partition coefficient (Wildman–Crippen LogP) is 2.67. The van der Waals surface area contributed by atoms with Gasteiger partial charge in [-0.15, -0.1) is 0 Å². The van der Waals surface area contributed by atoms with Gasteiger partial charge in [0.2, 0.25) is 0 Å². The van der Waals surface area contributed by atoms with Crippen molar-refractivity contribution in [2.24, 2.45) is 11.1 Å². The molecule has 0 aromatic carbocycles.